The van der Waals surface area contributed by atoms with Gasteiger partial charge in [0.2, 0.25) is 0 Å². The average Bonchev–Trinajstić information content (AvgIpc) is 3.09. The largest absolute Gasteiger partial charge is 0.464 e. The van der Waals surface area contributed by atoms with Crippen molar-refractivity contribution in [1.82, 2.24) is 9.88 Å². The third-order valence-electron chi connectivity index (χ3n) is 5.33. The Kier molecular flexibility index (Phi) is 6.64. The molecule has 0 unspecified atom stereocenters. The summed E-state index contributed by atoms with van der Waals surface area (Å²) in [6.07, 6.45) is 0. The Morgan fingerprint density at radius 2 is 1.77 bits per heavy atom. The molecule has 0 saturated carbocycles. The highest BCUT2D eigenvalue weighted by Gasteiger charge is 2.29. The third kappa shape index (κ3) is 3.86. The van der Waals surface area contributed by atoms with Crippen LogP contribution in [-0.4, -0.2) is 49.7 Å². The van der Waals surface area contributed by atoms with Gasteiger partial charge in [0, 0.05) is 43.8 Å². The van der Waals surface area contributed by atoms with E-state index in [0.717, 1.165) is 42.9 Å². The second-order valence-corrected chi connectivity index (χ2v) is 7.06. The second-order valence-electron chi connectivity index (χ2n) is 7.06. The highest BCUT2D eigenvalue weighted by atomic mass is 35.5. The Labute approximate surface area is 181 Å². The average molecular weight is 429 g/mol. The Morgan fingerprint density at radius 3 is 2.40 bits per heavy atom. The minimum Gasteiger partial charge on any atom is -0.464 e. The summed E-state index contributed by atoms with van der Waals surface area (Å²) in [6, 6.07) is 15.6. The van der Waals surface area contributed by atoms with Crippen molar-refractivity contribution in [1.29, 1.82) is 0 Å². The van der Waals surface area contributed by atoms with Crippen LogP contribution >= 0.6 is 12.4 Å². The molecule has 158 valence electrons. The number of methoxy groups -OCH3 is 1. The second kappa shape index (κ2) is 9.19. The maximum atomic E-state index is 12.7. The van der Waals surface area contributed by atoms with E-state index in [2.05, 4.69) is 10.2 Å². The number of hydrogen-bond donors (Lipinski definition) is 2. The predicted molar refractivity (Wildman–Crippen MR) is 120 cm³/mol. The number of halogens is 1. The molecule has 1 fully saturated rings. The Bertz CT molecular complexity index is 1060. The molecule has 1 aromatic heterocycles. The fourth-order valence-corrected chi connectivity index (χ4v) is 4.03. The zero-order chi connectivity index (χ0) is 20.4. The number of piperazine rings is 1. The van der Waals surface area contributed by atoms with Crippen molar-refractivity contribution in [2.45, 2.75) is 6.54 Å². The van der Waals surface area contributed by atoms with Crippen LogP contribution in [0, 0.1) is 0 Å². The van der Waals surface area contributed by atoms with E-state index < -0.39 is 11.9 Å². The number of nitrogens with one attached hydrogen (secondary N) is 1. The van der Waals surface area contributed by atoms with Crippen molar-refractivity contribution < 1.29 is 14.3 Å². The van der Waals surface area contributed by atoms with Crippen LogP contribution < -0.4 is 16.0 Å². The van der Waals surface area contributed by atoms with Crippen LogP contribution in [0.3, 0.4) is 0 Å². The van der Waals surface area contributed by atoms with Crippen LogP contribution in [0.1, 0.15) is 26.4 Å². The number of fused-ring (bicyclic) bond motifs is 1. The normalized spacial score (nSPS) is 13.7. The number of anilines is 1. The van der Waals surface area contributed by atoms with Crippen molar-refractivity contribution in [3.8, 4) is 0 Å². The van der Waals surface area contributed by atoms with E-state index in [1.54, 1.807) is 0 Å². The Balaban J connectivity index is 0.00000256. The highest BCUT2D eigenvalue weighted by molar-refractivity contribution is 6.17. The first-order valence-corrected chi connectivity index (χ1v) is 9.64. The van der Waals surface area contributed by atoms with Crippen molar-refractivity contribution in [2.24, 2.45) is 5.73 Å². The SMILES string of the molecule is COC(=O)c1c(C(N)=O)c2c(N3CCNCC3)cccc2n1Cc1ccccc1.Cl. The van der Waals surface area contributed by atoms with Gasteiger partial charge in [-0.3, -0.25) is 4.79 Å². The van der Waals surface area contributed by atoms with Gasteiger partial charge < -0.3 is 25.3 Å². The molecule has 1 saturated heterocycles. The number of carbonyl (C=O) groups is 2. The number of nitrogens with two attached hydrogens (primary N) is 1. The van der Waals surface area contributed by atoms with Gasteiger partial charge in [-0.1, -0.05) is 36.4 Å². The molecule has 4 rings (SSSR count). The molecular formula is C22H25ClN4O3. The molecule has 0 bridgehead atoms. The maximum Gasteiger partial charge on any atom is 0.355 e. The van der Waals surface area contributed by atoms with E-state index in [-0.39, 0.29) is 23.7 Å². The topological polar surface area (TPSA) is 89.6 Å². The number of hydrogen-bond acceptors (Lipinski definition) is 5. The summed E-state index contributed by atoms with van der Waals surface area (Å²) < 4.78 is 6.86. The van der Waals surface area contributed by atoms with Gasteiger partial charge in [-0.05, 0) is 17.7 Å². The van der Waals surface area contributed by atoms with Crippen LogP contribution in [0.15, 0.2) is 48.5 Å². The molecule has 30 heavy (non-hydrogen) atoms. The first kappa shape index (κ1) is 21.7. The third-order valence-corrected chi connectivity index (χ3v) is 5.33. The van der Waals surface area contributed by atoms with Crippen molar-refractivity contribution >= 4 is 40.9 Å². The molecule has 0 radical (unpaired) electrons. The van der Waals surface area contributed by atoms with Gasteiger partial charge in [-0.2, -0.15) is 0 Å². The van der Waals surface area contributed by atoms with E-state index in [0.29, 0.717) is 11.9 Å². The minimum atomic E-state index is -0.634. The summed E-state index contributed by atoms with van der Waals surface area (Å²) in [5.41, 5.74) is 8.92. The van der Waals surface area contributed by atoms with Gasteiger partial charge in [0.1, 0.15) is 5.69 Å². The number of aromatic nitrogens is 1. The van der Waals surface area contributed by atoms with E-state index in [1.165, 1.54) is 7.11 Å². The van der Waals surface area contributed by atoms with Gasteiger partial charge in [0.15, 0.2) is 0 Å². The quantitative estimate of drug-likeness (QED) is 0.609. The lowest BCUT2D eigenvalue weighted by Crippen LogP contribution is -2.43. The Hall–Kier alpha value is -3.03. The van der Waals surface area contributed by atoms with Gasteiger partial charge >= 0.3 is 5.97 Å². The van der Waals surface area contributed by atoms with Gasteiger partial charge in [-0.25, -0.2) is 4.79 Å². The molecule has 7 nitrogen and oxygen atoms in total. The zero-order valence-corrected chi connectivity index (χ0v) is 17.6. The highest BCUT2D eigenvalue weighted by Crippen LogP contribution is 2.35. The molecule has 0 aliphatic carbocycles. The Morgan fingerprint density at radius 1 is 1.07 bits per heavy atom. The van der Waals surface area contributed by atoms with Crippen molar-refractivity contribution in [3.05, 3.63) is 65.4 Å². The molecule has 8 heteroatoms. The van der Waals surface area contributed by atoms with Gasteiger partial charge in [0.25, 0.3) is 5.91 Å². The lowest BCUT2D eigenvalue weighted by Gasteiger charge is -2.30. The molecule has 2 heterocycles. The van der Waals surface area contributed by atoms with E-state index in [1.807, 2.05) is 53.1 Å². The maximum absolute atomic E-state index is 12.7. The van der Waals surface area contributed by atoms with E-state index in [9.17, 15) is 9.59 Å². The summed E-state index contributed by atoms with van der Waals surface area (Å²) in [4.78, 5) is 27.5. The number of rotatable bonds is 5. The summed E-state index contributed by atoms with van der Waals surface area (Å²) >= 11 is 0. The van der Waals surface area contributed by atoms with Gasteiger partial charge in [0.05, 0.1) is 18.2 Å². The fraction of sp³-hybridized carbons (Fsp3) is 0.273. The van der Waals surface area contributed by atoms with Crippen LogP contribution in [-0.2, 0) is 11.3 Å². The molecule has 0 atom stereocenters. The number of amides is 1. The molecule has 3 N–H and O–H groups in total. The molecular weight excluding hydrogens is 404 g/mol. The predicted octanol–water partition coefficient (Wildman–Crippen LogP) is 2.41. The van der Waals surface area contributed by atoms with Gasteiger partial charge in [-0.15, -0.1) is 12.4 Å². The summed E-state index contributed by atoms with van der Waals surface area (Å²) in [5.74, 6) is -1.21. The standard InChI is InChI=1S/C22H24N4O3.ClH/c1-29-22(28)20-19(21(23)27)18-16(25-12-10-24-11-13-25)8-5-9-17(18)26(20)14-15-6-3-2-4-7-15;/h2-9,24H,10-14H2,1H3,(H2,23,27);1H. The number of benzene rings is 2. The molecule has 2 aromatic carbocycles. The lowest BCUT2D eigenvalue weighted by atomic mass is 10.1. The van der Waals surface area contributed by atoms with E-state index in [4.69, 9.17) is 10.5 Å². The first-order chi connectivity index (χ1) is 14.1. The molecule has 1 aliphatic heterocycles. The van der Waals surface area contributed by atoms with Crippen LogP contribution in [0.25, 0.3) is 10.9 Å². The molecule has 0 spiro atoms. The molecule has 1 aliphatic rings. The summed E-state index contributed by atoms with van der Waals surface area (Å²) in [6.45, 7) is 3.78. The smallest absolute Gasteiger partial charge is 0.355 e. The molecule has 1 amide bonds. The monoisotopic (exact) mass is 428 g/mol. The van der Waals surface area contributed by atoms with Crippen LogP contribution in [0.2, 0.25) is 0 Å². The fourth-order valence-electron chi connectivity index (χ4n) is 4.03. The van der Waals surface area contributed by atoms with E-state index >= 15 is 0 Å². The number of carbonyl (C=O) groups excluding carboxylic acids is 2. The first-order valence-electron chi connectivity index (χ1n) is 9.64. The minimum absolute atomic E-state index is 0. The van der Waals surface area contributed by atoms with Crippen molar-refractivity contribution in [2.75, 3.05) is 38.2 Å². The summed E-state index contributed by atoms with van der Waals surface area (Å²) in [7, 11) is 1.31. The lowest BCUT2D eigenvalue weighted by molar-refractivity contribution is 0.0586. The number of nitrogens with zero attached hydrogens (tertiary/aromatic N) is 2. The molecule has 3 aromatic rings. The van der Waals surface area contributed by atoms with Crippen LogP contribution in [0.4, 0.5) is 5.69 Å². The number of primary amides is 1. The number of ether oxygens (including phenoxy) is 1. The summed E-state index contributed by atoms with van der Waals surface area (Å²) in [5, 5.41) is 4.04. The number of esters is 1. The van der Waals surface area contributed by atoms with Crippen molar-refractivity contribution in [3.63, 3.8) is 0 Å². The van der Waals surface area contributed by atoms with Crippen LogP contribution in [0.5, 0.6) is 0 Å². The zero-order valence-electron chi connectivity index (χ0n) is 16.8.